The van der Waals surface area contributed by atoms with E-state index in [2.05, 4.69) is 4.74 Å². The molecule has 2 N–H and O–H groups in total. The average molecular weight is 216 g/mol. The maximum absolute atomic E-state index is 11.0. The Labute approximate surface area is 82.6 Å². The van der Waals surface area contributed by atoms with Gasteiger partial charge in [0.2, 0.25) is 0 Å². The van der Waals surface area contributed by atoms with E-state index in [4.69, 9.17) is 9.66 Å². The summed E-state index contributed by atoms with van der Waals surface area (Å²) in [5, 5.41) is 9.13. The number of hydrogen-bond acceptors (Lipinski definition) is 4. The maximum atomic E-state index is 11.0. The van der Waals surface area contributed by atoms with Gasteiger partial charge in [-0.15, -0.1) is 0 Å². The van der Waals surface area contributed by atoms with Crippen molar-refractivity contribution in [3.05, 3.63) is 23.8 Å². The van der Waals surface area contributed by atoms with Gasteiger partial charge in [-0.2, -0.15) is 0 Å². The zero-order chi connectivity index (χ0) is 10.7. The van der Waals surface area contributed by atoms with Gasteiger partial charge in [-0.05, 0) is 18.2 Å². The van der Waals surface area contributed by atoms with Gasteiger partial charge < -0.3 is 14.4 Å². The van der Waals surface area contributed by atoms with Crippen LogP contribution in [-0.4, -0.2) is 26.9 Å². The molecule has 0 spiro atoms. The normalized spacial score (nSPS) is 12.1. The summed E-state index contributed by atoms with van der Waals surface area (Å²) in [6, 6.07) is 3.44. The number of carbonyl (C=O) groups excluding carboxylic acids is 1. The first kappa shape index (κ1) is 10.7. The number of carbonyl (C=O) groups is 1. The van der Waals surface area contributed by atoms with E-state index in [1.807, 2.05) is 0 Å². The Morgan fingerprint density at radius 2 is 2.07 bits per heavy atom. The van der Waals surface area contributed by atoms with Crippen molar-refractivity contribution in [2.75, 3.05) is 7.11 Å². The van der Waals surface area contributed by atoms with Crippen LogP contribution in [0.15, 0.2) is 23.1 Å². The molecule has 0 aromatic heterocycles. The van der Waals surface area contributed by atoms with E-state index in [1.54, 1.807) is 0 Å². The Hall–Kier alpha value is -1.40. The van der Waals surface area contributed by atoms with E-state index in [9.17, 15) is 9.00 Å². The molecule has 0 saturated heterocycles. The van der Waals surface area contributed by atoms with Crippen molar-refractivity contribution in [3.8, 4) is 5.75 Å². The van der Waals surface area contributed by atoms with Crippen LogP contribution in [-0.2, 0) is 15.8 Å². The Bertz CT molecular complexity index is 387. The van der Waals surface area contributed by atoms with Gasteiger partial charge in [-0.25, -0.2) is 9.00 Å². The van der Waals surface area contributed by atoms with Gasteiger partial charge in [0.1, 0.15) is 5.75 Å². The smallest absolute Gasteiger partial charge is 0.338 e. The van der Waals surface area contributed by atoms with E-state index in [1.165, 1.54) is 13.2 Å². The molecule has 0 aliphatic heterocycles. The lowest BCUT2D eigenvalue weighted by atomic mass is 10.2. The van der Waals surface area contributed by atoms with Crippen LogP contribution in [0.5, 0.6) is 5.75 Å². The van der Waals surface area contributed by atoms with Crippen molar-refractivity contribution in [3.63, 3.8) is 0 Å². The molecule has 1 atom stereocenters. The van der Waals surface area contributed by atoms with Crippen LogP contribution in [0.4, 0.5) is 0 Å². The van der Waals surface area contributed by atoms with Gasteiger partial charge in [-0.3, -0.25) is 0 Å². The lowest BCUT2D eigenvalue weighted by Gasteiger charge is -2.02. The van der Waals surface area contributed by atoms with E-state index < -0.39 is 17.0 Å². The number of phenols is 1. The van der Waals surface area contributed by atoms with Crippen LogP contribution >= 0.6 is 0 Å². The molecule has 6 heteroatoms. The fourth-order valence-corrected chi connectivity index (χ4v) is 1.37. The van der Waals surface area contributed by atoms with Crippen molar-refractivity contribution in [2.45, 2.75) is 4.90 Å². The third kappa shape index (κ3) is 2.30. The first-order valence-corrected chi connectivity index (χ1v) is 4.68. The quantitative estimate of drug-likeness (QED) is 0.563. The number of methoxy groups -OCH3 is 1. The highest BCUT2D eigenvalue weighted by atomic mass is 32.2. The van der Waals surface area contributed by atoms with Gasteiger partial charge in [-0.1, -0.05) is 0 Å². The first-order valence-electron chi connectivity index (χ1n) is 3.58. The molecule has 0 aliphatic carbocycles. The van der Waals surface area contributed by atoms with Crippen molar-refractivity contribution in [1.82, 2.24) is 0 Å². The largest absolute Gasteiger partial charge is 0.508 e. The monoisotopic (exact) mass is 216 g/mol. The molecule has 1 unspecified atom stereocenters. The minimum atomic E-state index is -2.24. The molecule has 0 radical (unpaired) electrons. The Balaban J connectivity index is 3.20. The molecule has 5 nitrogen and oxygen atoms in total. The Kier molecular flexibility index (Phi) is 3.21. The van der Waals surface area contributed by atoms with E-state index >= 15 is 0 Å². The molecule has 0 amide bonds. The summed E-state index contributed by atoms with van der Waals surface area (Å²) in [6.07, 6.45) is 0. The highest BCUT2D eigenvalue weighted by molar-refractivity contribution is 7.79. The summed E-state index contributed by atoms with van der Waals surface area (Å²) >= 11 is -2.24. The SMILES string of the molecule is COC(=O)c1cc(O)cc(S(=O)O)c1. The molecule has 1 aromatic carbocycles. The zero-order valence-electron chi connectivity index (χ0n) is 7.26. The zero-order valence-corrected chi connectivity index (χ0v) is 8.08. The number of esters is 1. The van der Waals surface area contributed by atoms with E-state index in [-0.39, 0.29) is 16.2 Å². The van der Waals surface area contributed by atoms with Crippen LogP contribution in [0.3, 0.4) is 0 Å². The molecule has 1 aromatic rings. The first-order chi connectivity index (χ1) is 6.54. The number of benzene rings is 1. The second-order valence-electron chi connectivity index (χ2n) is 2.46. The predicted molar refractivity (Wildman–Crippen MR) is 48.5 cm³/mol. The van der Waals surface area contributed by atoms with Crippen molar-refractivity contribution in [2.24, 2.45) is 0 Å². The predicted octanol–water partition coefficient (Wildman–Crippen LogP) is 0.759. The fourth-order valence-electron chi connectivity index (χ4n) is 0.920. The summed E-state index contributed by atoms with van der Waals surface area (Å²) in [7, 11) is 1.18. The third-order valence-electron chi connectivity index (χ3n) is 1.51. The van der Waals surface area contributed by atoms with Crippen molar-refractivity contribution in [1.29, 1.82) is 0 Å². The Morgan fingerprint density at radius 3 is 2.57 bits per heavy atom. The molecule has 0 bridgehead atoms. The molecule has 1 rings (SSSR count). The molecule has 0 aliphatic rings. The topological polar surface area (TPSA) is 83.8 Å². The maximum Gasteiger partial charge on any atom is 0.338 e. The second-order valence-corrected chi connectivity index (χ2v) is 3.43. The lowest BCUT2D eigenvalue weighted by molar-refractivity contribution is 0.0600. The minimum Gasteiger partial charge on any atom is -0.508 e. The number of aromatic hydroxyl groups is 1. The number of ether oxygens (including phenoxy) is 1. The number of hydrogen-bond donors (Lipinski definition) is 2. The minimum absolute atomic E-state index is 0.0323. The van der Waals surface area contributed by atoms with E-state index in [0.717, 1.165) is 12.1 Å². The summed E-state index contributed by atoms with van der Waals surface area (Å²) in [5.41, 5.74) is 0.0323. The molecule has 0 saturated carbocycles. The standard InChI is InChI=1S/C8H8O5S/c1-13-8(10)5-2-6(9)4-7(3-5)14(11)12/h2-4,9H,1H3,(H,11,12). The summed E-state index contributed by atoms with van der Waals surface area (Å²) < 4.78 is 23.8. The molecule has 76 valence electrons. The van der Waals surface area contributed by atoms with Gasteiger partial charge in [0, 0.05) is 0 Å². The molecular formula is C8H8O5S. The third-order valence-corrected chi connectivity index (χ3v) is 2.15. The molecule has 14 heavy (non-hydrogen) atoms. The molecular weight excluding hydrogens is 208 g/mol. The van der Waals surface area contributed by atoms with Crippen molar-refractivity contribution >= 4 is 17.0 Å². The van der Waals surface area contributed by atoms with Crippen molar-refractivity contribution < 1.29 is 23.4 Å². The van der Waals surface area contributed by atoms with Gasteiger partial charge in [0.15, 0.2) is 11.1 Å². The summed E-state index contributed by atoms with van der Waals surface area (Å²) in [6.45, 7) is 0. The van der Waals surface area contributed by atoms with Gasteiger partial charge >= 0.3 is 5.97 Å². The van der Waals surface area contributed by atoms with Crippen LogP contribution in [0, 0.1) is 0 Å². The highest BCUT2D eigenvalue weighted by Gasteiger charge is 2.10. The van der Waals surface area contributed by atoms with Gasteiger partial charge in [0.25, 0.3) is 0 Å². The average Bonchev–Trinajstić information content (AvgIpc) is 2.15. The number of rotatable bonds is 2. The molecule has 0 fully saturated rings. The van der Waals surface area contributed by atoms with Gasteiger partial charge in [0.05, 0.1) is 17.6 Å². The van der Waals surface area contributed by atoms with Crippen LogP contribution in [0.25, 0.3) is 0 Å². The summed E-state index contributed by atoms with van der Waals surface area (Å²) in [5.74, 6) is -0.932. The lowest BCUT2D eigenvalue weighted by Crippen LogP contribution is -2.02. The Morgan fingerprint density at radius 1 is 1.43 bits per heavy atom. The number of phenolic OH excluding ortho intramolecular Hbond substituents is 1. The van der Waals surface area contributed by atoms with E-state index in [0.29, 0.717) is 0 Å². The van der Waals surface area contributed by atoms with Crippen LogP contribution < -0.4 is 0 Å². The fraction of sp³-hybridized carbons (Fsp3) is 0.125. The van der Waals surface area contributed by atoms with Crippen LogP contribution in [0.2, 0.25) is 0 Å². The molecule has 0 heterocycles. The van der Waals surface area contributed by atoms with Crippen LogP contribution in [0.1, 0.15) is 10.4 Å². The second kappa shape index (κ2) is 4.21. The summed E-state index contributed by atoms with van der Waals surface area (Å²) in [4.78, 5) is 11.0. The highest BCUT2D eigenvalue weighted by Crippen LogP contribution is 2.18.